The van der Waals surface area contributed by atoms with E-state index in [0.29, 0.717) is 16.9 Å². The number of aromatic amines is 1. The molecule has 1 aromatic heterocycles. The fourth-order valence-electron chi connectivity index (χ4n) is 2.14. The van der Waals surface area contributed by atoms with Crippen LogP contribution in [0.5, 0.6) is 0 Å². The highest BCUT2D eigenvalue weighted by molar-refractivity contribution is 5.84. The van der Waals surface area contributed by atoms with E-state index in [0.717, 1.165) is 16.6 Å². The molecular weight excluding hydrogens is 241 g/mol. The molecule has 92 valence electrons. The Hall–Kier alpha value is -2.67. The average molecular weight is 251 g/mol. The van der Waals surface area contributed by atoms with Gasteiger partial charge in [-0.1, -0.05) is 6.07 Å². The third kappa shape index (κ3) is 1.85. The summed E-state index contributed by atoms with van der Waals surface area (Å²) in [5.41, 5.74) is 3.61. The van der Waals surface area contributed by atoms with Gasteiger partial charge in [-0.25, -0.2) is 9.37 Å². The Morgan fingerprint density at radius 2 is 2.11 bits per heavy atom. The molecule has 0 aliphatic carbocycles. The monoisotopic (exact) mass is 251 g/mol. The normalized spacial score (nSPS) is 10.6. The first kappa shape index (κ1) is 11.4. The second-order valence-electron chi connectivity index (χ2n) is 4.36. The number of nitriles is 1. The highest BCUT2D eigenvalue weighted by atomic mass is 19.1. The summed E-state index contributed by atoms with van der Waals surface area (Å²) in [6, 6.07) is 12.1. The average Bonchev–Trinajstić information content (AvgIpc) is 2.81. The minimum absolute atomic E-state index is 0.268. The number of aryl methyl sites for hydroxylation is 1. The molecule has 0 fully saturated rings. The molecule has 0 amide bonds. The molecule has 19 heavy (non-hydrogen) atoms. The van der Waals surface area contributed by atoms with Crippen LogP contribution in [0.15, 0.2) is 36.4 Å². The van der Waals surface area contributed by atoms with Crippen LogP contribution in [-0.2, 0) is 0 Å². The van der Waals surface area contributed by atoms with Gasteiger partial charge in [0.2, 0.25) is 0 Å². The van der Waals surface area contributed by atoms with Crippen molar-refractivity contribution >= 4 is 11.0 Å². The SMILES string of the molecule is Cc1cc(F)ccc1-c1nc2c(C#N)cccc2[nH]1. The van der Waals surface area contributed by atoms with Crippen LogP contribution in [0.1, 0.15) is 11.1 Å². The van der Waals surface area contributed by atoms with Crippen LogP contribution >= 0.6 is 0 Å². The van der Waals surface area contributed by atoms with Gasteiger partial charge in [-0.15, -0.1) is 0 Å². The minimum Gasteiger partial charge on any atom is -0.338 e. The van der Waals surface area contributed by atoms with E-state index in [4.69, 9.17) is 5.26 Å². The molecule has 1 heterocycles. The molecule has 3 nitrogen and oxygen atoms in total. The highest BCUT2D eigenvalue weighted by Crippen LogP contribution is 2.25. The number of rotatable bonds is 1. The molecule has 0 saturated heterocycles. The number of hydrogen-bond acceptors (Lipinski definition) is 2. The van der Waals surface area contributed by atoms with Gasteiger partial charge in [0.1, 0.15) is 23.2 Å². The van der Waals surface area contributed by atoms with Gasteiger partial charge in [0, 0.05) is 5.56 Å². The van der Waals surface area contributed by atoms with Gasteiger partial charge >= 0.3 is 0 Å². The van der Waals surface area contributed by atoms with Crippen LogP contribution in [0.3, 0.4) is 0 Å². The number of nitrogens with one attached hydrogen (secondary N) is 1. The lowest BCUT2D eigenvalue weighted by molar-refractivity contribution is 0.627. The Kier molecular flexibility index (Phi) is 2.53. The zero-order valence-electron chi connectivity index (χ0n) is 10.2. The second kappa shape index (κ2) is 4.21. The van der Waals surface area contributed by atoms with Crippen molar-refractivity contribution in [3.63, 3.8) is 0 Å². The Morgan fingerprint density at radius 3 is 2.84 bits per heavy atom. The molecule has 0 spiro atoms. The summed E-state index contributed by atoms with van der Waals surface area (Å²) in [5.74, 6) is 0.380. The number of benzene rings is 2. The Labute approximate surface area is 109 Å². The molecule has 0 atom stereocenters. The molecule has 2 aromatic carbocycles. The molecule has 1 N–H and O–H groups in total. The Balaban J connectivity index is 2.24. The van der Waals surface area contributed by atoms with Crippen molar-refractivity contribution in [2.45, 2.75) is 6.92 Å². The molecule has 3 aromatic rings. The fraction of sp³-hybridized carbons (Fsp3) is 0.0667. The van der Waals surface area contributed by atoms with Crippen LogP contribution in [0, 0.1) is 24.1 Å². The van der Waals surface area contributed by atoms with Gasteiger partial charge in [0.15, 0.2) is 0 Å². The van der Waals surface area contributed by atoms with Crippen molar-refractivity contribution in [3.05, 3.63) is 53.3 Å². The quantitative estimate of drug-likeness (QED) is 0.719. The molecular formula is C15H10FN3. The Bertz CT molecular complexity index is 812. The molecule has 0 saturated carbocycles. The first-order valence-electron chi connectivity index (χ1n) is 5.84. The fourth-order valence-corrected chi connectivity index (χ4v) is 2.14. The number of nitrogens with zero attached hydrogens (tertiary/aromatic N) is 2. The van der Waals surface area contributed by atoms with Crippen LogP contribution < -0.4 is 0 Å². The topological polar surface area (TPSA) is 52.5 Å². The third-order valence-electron chi connectivity index (χ3n) is 3.08. The maximum Gasteiger partial charge on any atom is 0.138 e. The maximum atomic E-state index is 13.1. The molecule has 4 heteroatoms. The predicted octanol–water partition coefficient (Wildman–Crippen LogP) is 3.55. The number of imidazole rings is 1. The number of hydrogen-bond donors (Lipinski definition) is 1. The standard InChI is InChI=1S/C15H10FN3/c1-9-7-11(16)5-6-12(9)15-18-13-4-2-3-10(8-17)14(13)19-15/h2-7H,1H3,(H,18,19). The summed E-state index contributed by atoms with van der Waals surface area (Å²) < 4.78 is 13.1. The van der Waals surface area contributed by atoms with E-state index >= 15 is 0 Å². The van der Waals surface area contributed by atoms with Crippen LogP contribution in [0.2, 0.25) is 0 Å². The summed E-state index contributed by atoms with van der Waals surface area (Å²) in [6.07, 6.45) is 0. The lowest BCUT2D eigenvalue weighted by Crippen LogP contribution is -1.86. The van der Waals surface area contributed by atoms with Crippen molar-refractivity contribution in [2.75, 3.05) is 0 Å². The van der Waals surface area contributed by atoms with Crippen molar-refractivity contribution in [2.24, 2.45) is 0 Å². The number of fused-ring (bicyclic) bond motifs is 1. The molecule has 0 aliphatic rings. The predicted molar refractivity (Wildman–Crippen MR) is 70.9 cm³/mol. The van der Waals surface area contributed by atoms with Crippen molar-refractivity contribution in [1.29, 1.82) is 5.26 Å². The number of H-pyrrole nitrogens is 1. The zero-order valence-corrected chi connectivity index (χ0v) is 10.2. The summed E-state index contributed by atoms with van der Waals surface area (Å²) in [7, 11) is 0. The van der Waals surface area contributed by atoms with Crippen LogP contribution in [-0.4, -0.2) is 9.97 Å². The van der Waals surface area contributed by atoms with Crippen molar-refractivity contribution < 1.29 is 4.39 Å². The van der Waals surface area contributed by atoms with Crippen molar-refractivity contribution in [1.82, 2.24) is 9.97 Å². The van der Waals surface area contributed by atoms with E-state index in [1.165, 1.54) is 12.1 Å². The van der Waals surface area contributed by atoms with E-state index in [9.17, 15) is 4.39 Å². The summed E-state index contributed by atoms with van der Waals surface area (Å²) in [4.78, 5) is 7.61. The molecule has 0 radical (unpaired) electrons. The van der Waals surface area contributed by atoms with E-state index in [1.54, 1.807) is 18.2 Å². The Morgan fingerprint density at radius 1 is 1.26 bits per heavy atom. The number of aromatic nitrogens is 2. The van der Waals surface area contributed by atoms with Gasteiger partial charge in [0.25, 0.3) is 0 Å². The van der Waals surface area contributed by atoms with Gasteiger partial charge in [0.05, 0.1) is 11.1 Å². The largest absolute Gasteiger partial charge is 0.338 e. The first-order valence-corrected chi connectivity index (χ1v) is 5.84. The summed E-state index contributed by atoms with van der Waals surface area (Å²) in [6.45, 7) is 1.83. The van der Waals surface area contributed by atoms with E-state index in [-0.39, 0.29) is 5.82 Å². The van der Waals surface area contributed by atoms with E-state index in [2.05, 4.69) is 16.0 Å². The van der Waals surface area contributed by atoms with Crippen LogP contribution in [0.25, 0.3) is 22.4 Å². The van der Waals surface area contributed by atoms with Gasteiger partial charge < -0.3 is 4.98 Å². The lowest BCUT2D eigenvalue weighted by atomic mass is 10.1. The molecule has 0 aliphatic heterocycles. The van der Waals surface area contributed by atoms with Crippen molar-refractivity contribution in [3.8, 4) is 17.5 Å². The van der Waals surface area contributed by atoms with E-state index in [1.807, 2.05) is 13.0 Å². The number of para-hydroxylation sites is 1. The number of halogens is 1. The molecule has 0 bridgehead atoms. The smallest absolute Gasteiger partial charge is 0.138 e. The highest BCUT2D eigenvalue weighted by Gasteiger charge is 2.10. The second-order valence-corrected chi connectivity index (χ2v) is 4.36. The minimum atomic E-state index is -0.268. The zero-order chi connectivity index (χ0) is 13.4. The van der Waals surface area contributed by atoms with Gasteiger partial charge in [-0.3, -0.25) is 0 Å². The lowest BCUT2D eigenvalue weighted by Gasteiger charge is -2.01. The summed E-state index contributed by atoms with van der Waals surface area (Å²) in [5, 5.41) is 9.05. The third-order valence-corrected chi connectivity index (χ3v) is 3.08. The molecule has 3 rings (SSSR count). The van der Waals surface area contributed by atoms with Gasteiger partial charge in [-0.05, 0) is 42.8 Å². The van der Waals surface area contributed by atoms with E-state index < -0.39 is 0 Å². The maximum absolute atomic E-state index is 13.1. The van der Waals surface area contributed by atoms with Gasteiger partial charge in [-0.2, -0.15) is 5.26 Å². The molecule has 0 unspecified atom stereocenters. The summed E-state index contributed by atoms with van der Waals surface area (Å²) >= 11 is 0. The van der Waals surface area contributed by atoms with Crippen LogP contribution in [0.4, 0.5) is 4.39 Å². The first-order chi connectivity index (χ1) is 9.19.